The van der Waals surface area contributed by atoms with Crippen molar-refractivity contribution in [1.29, 1.82) is 0 Å². The topological polar surface area (TPSA) is 48.1 Å². The standard InChI is InChI=1S/C23H33N3O.Fe/c1-15(2)22-21-19(18-10-6-7-11-20(18)25-21)12-13-26(22)23(27)17-9-5-4-8-16(17)14-24-3;/h6-7,10-11,15-17,22,24-25H,4-5,8-9,12-14H2,1-3H3;. The number of nitrogens with zero attached hydrogens (tertiary/aromatic N) is 1. The maximum absolute atomic E-state index is 13.7. The fourth-order valence-corrected chi connectivity index (χ4v) is 5.46. The Labute approximate surface area is 179 Å². The van der Waals surface area contributed by atoms with Crippen LogP contribution in [0.1, 0.15) is 56.8 Å². The average molecular weight is 423 g/mol. The second kappa shape index (κ2) is 9.02. The maximum Gasteiger partial charge on any atom is 0.226 e. The van der Waals surface area contributed by atoms with Gasteiger partial charge < -0.3 is 15.2 Å². The molecule has 2 N–H and O–H groups in total. The number of rotatable bonds is 4. The van der Waals surface area contributed by atoms with Crippen molar-refractivity contribution in [2.24, 2.45) is 17.8 Å². The Morgan fingerprint density at radius 1 is 1.25 bits per heavy atom. The van der Waals surface area contributed by atoms with Gasteiger partial charge in [0, 0.05) is 46.1 Å². The zero-order valence-corrected chi connectivity index (χ0v) is 18.4. The van der Waals surface area contributed by atoms with E-state index in [1.807, 2.05) is 7.05 Å². The number of benzene rings is 1. The van der Waals surface area contributed by atoms with Gasteiger partial charge in [0.1, 0.15) is 0 Å². The molecule has 4 nitrogen and oxygen atoms in total. The number of nitrogens with one attached hydrogen (secondary N) is 2. The summed E-state index contributed by atoms with van der Waals surface area (Å²) in [7, 11) is 2.00. The first kappa shape index (κ1) is 21.4. The quantitative estimate of drug-likeness (QED) is 0.722. The Balaban J connectivity index is 0.00000225. The number of hydrogen-bond acceptors (Lipinski definition) is 2. The van der Waals surface area contributed by atoms with Crippen molar-refractivity contribution in [3.63, 3.8) is 0 Å². The van der Waals surface area contributed by atoms with Crippen LogP contribution in [0.15, 0.2) is 24.3 Å². The van der Waals surface area contributed by atoms with Gasteiger partial charge in [-0.25, -0.2) is 0 Å². The van der Waals surface area contributed by atoms with Gasteiger partial charge in [-0.1, -0.05) is 44.9 Å². The molecule has 154 valence electrons. The van der Waals surface area contributed by atoms with E-state index in [1.54, 1.807) is 0 Å². The Morgan fingerprint density at radius 3 is 2.75 bits per heavy atom. The van der Waals surface area contributed by atoms with E-state index in [0.29, 0.717) is 17.7 Å². The molecule has 2 heterocycles. The molecule has 1 aliphatic carbocycles. The van der Waals surface area contributed by atoms with Crippen molar-refractivity contribution < 1.29 is 21.9 Å². The van der Waals surface area contributed by atoms with Gasteiger partial charge in [-0.15, -0.1) is 0 Å². The number of aromatic amines is 1. The van der Waals surface area contributed by atoms with Crippen LogP contribution in [0.25, 0.3) is 10.9 Å². The molecule has 1 amide bonds. The molecular weight excluding hydrogens is 390 g/mol. The van der Waals surface area contributed by atoms with Crippen molar-refractivity contribution >= 4 is 16.8 Å². The summed E-state index contributed by atoms with van der Waals surface area (Å²) in [4.78, 5) is 19.5. The summed E-state index contributed by atoms with van der Waals surface area (Å²) in [5.41, 5.74) is 3.89. The Morgan fingerprint density at radius 2 is 2.00 bits per heavy atom. The van der Waals surface area contributed by atoms with Gasteiger partial charge in [-0.3, -0.25) is 4.79 Å². The van der Waals surface area contributed by atoms with Gasteiger partial charge in [0.25, 0.3) is 0 Å². The third-order valence-electron chi connectivity index (χ3n) is 6.69. The predicted octanol–water partition coefficient (Wildman–Crippen LogP) is 4.27. The molecule has 0 saturated heterocycles. The number of carbonyl (C=O) groups is 1. The summed E-state index contributed by atoms with van der Waals surface area (Å²) in [6, 6.07) is 8.72. The molecule has 2 aliphatic rings. The van der Waals surface area contributed by atoms with Gasteiger partial charge in [-0.05, 0) is 56.3 Å². The van der Waals surface area contributed by atoms with Crippen LogP contribution in [-0.4, -0.2) is 35.9 Å². The number of para-hydroxylation sites is 1. The van der Waals surface area contributed by atoms with Gasteiger partial charge >= 0.3 is 0 Å². The van der Waals surface area contributed by atoms with E-state index in [9.17, 15) is 4.79 Å². The molecule has 5 heteroatoms. The average Bonchev–Trinajstić information content (AvgIpc) is 3.05. The molecule has 0 spiro atoms. The SMILES string of the molecule is CNCC1CCCCC1C(=O)N1CCc2c([nH]c3ccccc23)C1C(C)C.[Fe]. The molecule has 1 aromatic heterocycles. The molecule has 4 rings (SSSR count). The zero-order chi connectivity index (χ0) is 19.0. The molecule has 28 heavy (non-hydrogen) atoms. The Kier molecular flexibility index (Phi) is 6.90. The smallest absolute Gasteiger partial charge is 0.226 e. The van der Waals surface area contributed by atoms with E-state index in [1.165, 1.54) is 41.4 Å². The zero-order valence-electron chi connectivity index (χ0n) is 17.3. The first-order chi connectivity index (χ1) is 13.1. The summed E-state index contributed by atoms with van der Waals surface area (Å²) >= 11 is 0. The number of fused-ring (bicyclic) bond motifs is 3. The molecule has 1 aliphatic heterocycles. The van der Waals surface area contributed by atoms with E-state index in [-0.39, 0.29) is 29.0 Å². The molecule has 3 unspecified atom stereocenters. The van der Waals surface area contributed by atoms with Crippen LogP contribution in [0.3, 0.4) is 0 Å². The minimum Gasteiger partial charge on any atom is -0.356 e. The Bertz CT molecular complexity index is 813. The molecule has 0 radical (unpaired) electrons. The summed E-state index contributed by atoms with van der Waals surface area (Å²) in [5.74, 6) is 1.44. The van der Waals surface area contributed by atoms with Crippen LogP contribution in [0.2, 0.25) is 0 Å². The second-order valence-electron chi connectivity index (χ2n) is 8.74. The fourth-order valence-electron chi connectivity index (χ4n) is 5.46. The summed E-state index contributed by atoms with van der Waals surface area (Å²) < 4.78 is 0. The number of hydrogen-bond donors (Lipinski definition) is 2. The number of carbonyl (C=O) groups excluding carboxylic acids is 1. The predicted molar refractivity (Wildman–Crippen MR) is 111 cm³/mol. The first-order valence-corrected chi connectivity index (χ1v) is 10.7. The maximum atomic E-state index is 13.7. The third kappa shape index (κ3) is 3.77. The fraction of sp³-hybridized carbons (Fsp3) is 0.609. The van der Waals surface area contributed by atoms with Crippen LogP contribution in [0.4, 0.5) is 0 Å². The van der Waals surface area contributed by atoms with E-state index < -0.39 is 0 Å². The minimum atomic E-state index is 0. The van der Waals surface area contributed by atoms with Gasteiger partial charge in [0.05, 0.1) is 6.04 Å². The van der Waals surface area contributed by atoms with E-state index in [2.05, 4.69) is 53.3 Å². The van der Waals surface area contributed by atoms with Crippen molar-refractivity contribution in [3.8, 4) is 0 Å². The van der Waals surface area contributed by atoms with Crippen LogP contribution < -0.4 is 5.32 Å². The largest absolute Gasteiger partial charge is 0.356 e. The molecular formula is C23H33FeN3O. The summed E-state index contributed by atoms with van der Waals surface area (Å²) in [6.45, 7) is 6.29. The molecule has 0 bridgehead atoms. The molecule has 2 aromatic rings. The molecule has 3 atom stereocenters. The van der Waals surface area contributed by atoms with Crippen LogP contribution >= 0.6 is 0 Å². The Hall–Kier alpha value is -1.29. The summed E-state index contributed by atoms with van der Waals surface area (Å²) in [6.07, 6.45) is 5.63. The van der Waals surface area contributed by atoms with Gasteiger partial charge in [0.15, 0.2) is 0 Å². The number of aromatic nitrogens is 1. The van der Waals surface area contributed by atoms with Crippen molar-refractivity contribution in [2.75, 3.05) is 20.1 Å². The first-order valence-electron chi connectivity index (χ1n) is 10.7. The van der Waals surface area contributed by atoms with Crippen LogP contribution in [0.5, 0.6) is 0 Å². The monoisotopic (exact) mass is 423 g/mol. The number of H-pyrrole nitrogens is 1. The third-order valence-corrected chi connectivity index (χ3v) is 6.69. The summed E-state index contributed by atoms with van der Waals surface area (Å²) in [5, 5.41) is 4.65. The van der Waals surface area contributed by atoms with E-state index in [4.69, 9.17) is 0 Å². The van der Waals surface area contributed by atoms with Gasteiger partial charge in [0.2, 0.25) is 5.91 Å². The molecule has 1 saturated carbocycles. The van der Waals surface area contributed by atoms with Gasteiger partial charge in [-0.2, -0.15) is 0 Å². The van der Waals surface area contributed by atoms with E-state index in [0.717, 1.165) is 25.9 Å². The van der Waals surface area contributed by atoms with Crippen molar-refractivity contribution in [1.82, 2.24) is 15.2 Å². The normalized spacial score (nSPS) is 24.9. The van der Waals surface area contributed by atoms with Crippen LogP contribution in [0, 0.1) is 17.8 Å². The second-order valence-corrected chi connectivity index (χ2v) is 8.74. The minimum absolute atomic E-state index is 0. The van der Waals surface area contributed by atoms with E-state index >= 15 is 0 Å². The van der Waals surface area contributed by atoms with Crippen molar-refractivity contribution in [3.05, 3.63) is 35.5 Å². The number of amides is 1. The van der Waals surface area contributed by atoms with Crippen LogP contribution in [-0.2, 0) is 28.3 Å². The molecule has 1 aromatic carbocycles. The molecule has 1 fully saturated rings. The van der Waals surface area contributed by atoms with Crippen molar-refractivity contribution in [2.45, 2.75) is 52.0 Å².